The first-order valence-corrected chi connectivity index (χ1v) is 9.25. The fourth-order valence-corrected chi connectivity index (χ4v) is 2.83. The molecule has 0 unspecified atom stereocenters. The lowest BCUT2D eigenvalue weighted by Gasteiger charge is -2.20. The molecule has 0 aliphatic rings. The summed E-state index contributed by atoms with van der Waals surface area (Å²) < 4.78 is 10.8. The molecule has 2 rings (SSSR count). The highest BCUT2D eigenvalue weighted by atomic mass is 32.1. The van der Waals surface area contributed by atoms with E-state index in [-0.39, 0.29) is 12.3 Å². The Labute approximate surface area is 162 Å². The highest BCUT2D eigenvalue weighted by Crippen LogP contribution is 2.16. The van der Waals surface area contributed by atoms with E-state index in [0.29, 0.717) is 24.5 Å². The molecule has 0 radical (unpaired) electrons. The van der Waals surface area contributed by atoms with Crippen molar-refractivity contribution in [3.8, 4) is 11.8 Å². The summed E-state index contributed by atoms with van der Waals surface area (Å²) in [6, 6.07) is 8.47. The molecule has 1 aromatic carbocycles. The molecule has 1 amide bonds. The lowest BCUT2D eigenvalue weighted by atomic mass is 10.2. The van der Waals surface area contributed by atoms with Gasteiger partial charge < -0.3 is 14.4 Å². The Morgan fingerprint density at radius 1 is 1.33 bits per heavy atom. The number of aryl methyl sites for hydroxylation is 1. The summed E-state index contributed by atoms with van der Waals surface area (Å²) in [5.74, 6) is -0.333. The van der Waals surface area contributed by atoms with E-state index in [1.165, 1.54) is 11.8 Å². The van der Waals surface area contributed by atoms with Gasteiger partial charge >= 0.3 is 5.97 Å². The average Bonchev–Trinajstić information content (AvgIpc) is 3.09. The summed E-state index contributed by atoms with van der Waals surface area (Å²) in [7, 11) is 1.57. The minimum Gasteiger partial charge on any atom is -0.487 e. The average molecular weight is 387 g/mol. The van der Waals surface area contributed by atoms with Crippen LogP contribution in [0, 0.1) is 18.3 Å². The second-order valence-corrected chi connectivity index (χ2v) is 6.95. The van der Waals surface area contributed by atoms with Crippen LogP contribution >= 0.6 is 11.3 Å². The summed E-state index contributed by atoms with van der Waals surface area (Å²) >= 11 is 1.56. The lowest BCUT2D eigenvalue weighted by molar-refractivity contribution is -0.138. The van der Waals surface area contributed by atoms with Gasteiger partial charge in [-0.15, -0.1) is 11.3 Å². The first kappa shape index (κ1) is 20.4. The number of rotatable bonds is 8. The third-order valence-corrected chi connectivity index (χ3v) is 4.53. The Balaban J connectivity index is 1.87. The van der Waals surface area contributed by atoms with E-state index in [1.54, 1.807) is 42.6 Å². The maximum Gasteiger partial charge on any atom is 0.338 e. The van der Waals surface area contributed by atoms with Gasteiger partial charge in [-0.1, -0.05) is 0 Å². The molecular weight excluding hydrogens is 366 g/mol. The van der Waals surface area contributed by atoms with Gasteiger partial charge in [-0.25, -0.2) is 9.78 Å². The number of esters is 1. The zero-order valence-electron chi connectivity index (χ0n) is 15.5. The molecule has 1 atom stereocenters. The number of ether oxygens (including phenoxy) is 2. The molecule has 8 heteroatoms. The number of carbonyl (C=O) groups is 2. The Kier molecular flexibility index (Phi) is 7.32. The van der Waals surface area contributed by atoms with Gasteiger partial charge in [-0.2, -0.15) is 5.26 Å². The maximum absolute atomic E-state index is 12.2. The number of amides is 1. The predicted molar refractivity (Wildman–Crippen MR) is 100 cm³/mol. The van der Waals surface area contributed by atoms with Gasteiger partial charge in [-0.05, 0) is 38.1 Å². The van der Waals surface area contributed by atoms with Crippen molar-refractivity contribution in [2.24, 2.45) is 0 Å². The van der Waals surface area contributed by atoms with E-state index in [2.05, 4.69) is 4.98 Å². The molecular formula is C19H21N3O4S. The summed E-state index contributed by atoms with van der Waals surface area (Å²) in [6.45, 7) is 4.09. The van der Waals surface area contributed by atoms with E-state index < -0.39 is 12.1 Å². The van der Waals surface area contributed by atoms with Crippen LogP contribution in [0.4, 0.5) is 0 Å². The van der Waals surface area contributed by atoms with Crippen LogP contribution in [0.3, 0.4) is 0 Å². The number of carbonyl (C=O) groups excluding carboxylic acids is 2. The second-order valence-electron chi connectivity index (χ2n) is 5.89. The van der Waals surface area contributed by atoms with Gasteiger partial charge in [0.25, 0.3) is 5.91 Å². The van der Waals surface area contributed by atoms with Crippen LogP contribution in [0.15, 0.2) is 29.6 Å². The molecule has 27 heavy (non-hydrogen) atoms. The van der Waals surface area contributed by atoms with Gasteiger partial charge in [0, 0.05) is 19.0 Å². The van der Waals surface area contributed by atoms with Crippen LogP contribution in [0.1, 0.15) is 34.4 Å². The minimum atomic E-state index is -0.926. The zero-order valence-corrected chi connectivity index (χ0v) is 16.3. The van der Waals surface area contributed by atoms with Crippen molar-refractivity contribution in [2.75, 3.05) is 13.6 Å². The number of hydrogen-bond donors (Lipinski definition) is 0. The van der Waals surface area contributed by atoms with Crippen LogP contribution in [0.5, 0.6) is 5.75 Å². The maximum atomic E-state index is 12.2. The summed E-state index contributed by atoms with van der Waals surface area (Å²) in [6.07, 6.45) is -0.699. The molecule has 0 spiro atoms. The summed E-state index contributed by atoms with van der Waals surface area (Å²) in [4.78, 5) is 30.0. The number of likely N-dealkylation sites (N-methyl/N-ethyl adjacent to an activating group) is 1. The van der Waals surface area contributed by atoms with E-state index >= 15 is 0 Å². The first-order valence-electron chi connectivity index (χ1n) is 8.37. The Morgan fingerprint density at radius 2 is 2.04 bits per heavy atom. The standard InChI is InChI=1S/C19H21N3O4S/c1-13(18(23)22(3)10-4-9-20)26-19(24)15-5-7-17(8-6-15)25-11-16-12-27-14(2)21-16/h5-8,12-13H,4,10-11H2,1-3H3/t13-/m1/s1. The zero-order chi connectivity index (χ0) is 19.8. The number of aromatic nitrogens is 1. The highest BCUT2D eigenvalue weighted by molar-refractivity contribution is 7.09. The highest BCUT2D eigenvalue weighted by Gasteiger charge is 2.22. The predicted octanol–water partition coefficient (Wildman–Crippen LogP) is 2.95. The van der Waals surface area contributed by atoms with E-state index in [9.17, 15) is 9.59 Å². The molecule has 0 saturated heterocycles. The molecule has 2 aromatic rings. The largest absolute Gasteiger partial charge is 0.487 e. The number of nitriles is 1. The quantitative estimate of drug-likeness (QED) is 0.647. The van der Waals surface area contributed by atoms with Crippen LogP contribution in [-0.4, -0.2) is 41.5 Å². The fraction of sp³-hybridized carbons (Fsp3) is 0.368. The van der Waals surface area contributed by atoms with Crippen molar-refractivity contribution in [2.45, 2.75) is 33.0 Å². The normalized spacial score (nSPS) is 11.3. The molecule has 0 fully saturated rings. The van der Waals surface area contributed by atoms with Crippen LogP contribution in [-0.2, 0) is 16.1 Å². The van der Waals surface area contributed by atoms with Crippen molar-refractivity contribution in [3.05, 3.63) is 45.9 Å². The van der Waals surface area contributed by atoms with Crippen molar-refractivity contribution >= 4 is 23.2 Å². The topological polar surface area (TPSA) is 92.5 Å². The van der Waals surface area contributed by atoms with Crippen LogP contribution in [0.2, 0.25) is 0 Å². The molecule has 0 N–H and O–H groups in total. The molecule has 0 saturated carbocycles. The number of benzene rings is 1. The summed E-state index contributed by atoms with van der Waals surface area (Å²) in [5, 5.41) is 11.5. The molecule has 0 aliphatic carbocycles. The summed E-state index contributed by atoms with van der Waals surface area (Å²) in [5.41, 5.74) is 1.18. The van der Waals surface area contributed by atoms with Crippen LogP contribution in [0.25, 0.3) is 0 Å². The third kappa shape index (κ3) is 6.08. The number of hydrogen-bond acceptors (Lipinski definition) is 7. The molecule has 142 valence electrons. The van der Waals surface area contributed by atoms with Gasteiger partial charge in [-0.3, -0.25) is 4.79 Å². The van der Waals surface area contributed by atoms with Gasteiger partial charge in [0.05, 0.1) is 28.8 Å². The Hall–Kier alpha value is -2.92. The third-order valence-electron chi connectivity index (χ3n) is 3.71. The number of thiazole rings is 1. The first-order chi connectivity index (χ1) is 12.9. The van der Waals surface area contributed by atoms with Gasteiger partial charge in [0.2, 0.25) is 0 Å². The Bertz CT molecular complexity index is 826. The van der Waals surface area contributed by atoms with Crippen molar-refractivity contribution in [1.82, 2.24) is 9.88 Å². The fourth-order valence-electron chi connectivity index (χ4n) is 2.24. The van der Waals surface area contributed by atoms with Crippen molar-refractivity contribution in [3.63, 3.8) is 0 Å². The van der Waals surface area contributed by atoms with E-state index in [0.717, 1.165) is 10.7 Å². The number of nitrogens with zero attached hydrogens (tertiary/aromatic N) is 3. The van der Waals surface area contributed by atoms with Gasteiger partial charge in [0.15, 0.2) is 6.10 Å². The molecule has 0 aliphatic heterocycles. The minimum absolute atomic E-state index is 0.227. The van der Waals surface area contributed by atoms with Crippen LogP contribution < -0.4 is 4.74 Å². The Morgan fingerprint density at radius 3 is 2.63 bits per heavy atom. The van der Waals surface area contributed by atoms with E-state index in [4.69, 9.17) is 14.7 Å². The van der Waals surface area contributed by atoms with Crippen molar-refractivity contribution < 1.29 is 19.1 Å². The smallest absolute Gasteiger partial charge is 0.338 e. The molecule has 7 nitrogen and oxygen atoms in total. The molecule has 0 bridgehead atoms. The molecule has 1 aromatic heterocycles. The lowest BCUT2D eigenvalue weighted by Crippen LogP contribution is -2.37. The SMILES string of the molecule is Cc1nc(COc2ccc(C(=O)O[C@H](C)C(=O)N(C)CCC#N)cc2)cs1. The monoisotopic (exact) mass is 387 g/mol. The van der Waals surface area contributed by atoms with E-state index in [1.807, 2.05) is 18.4 Å². The second kappa shape index (κ2) is 9.69. The van der Waals surface area contributed by atoms with Crippen molar-refractivity contribution in [1.29, 1.82) is 5.26 Å². The van der Waals surface area contributed by atoms with Gasteiger partial charge in [0.1, 0.15) is 12.4 Å². The molecule has 1 heterocycles.